The molecule has 11 atom stereocenters. The van der Waals surface area contributed by atoms with E-state index in [1.165, 1.54) is 0 Å². The molecule has 0 amide bonds. The van der Waals surface area contributed by atoms with Crippen LogP contribution in [0.4, 0.5) is 0 Å². The highest BCUT2D eigenvalue weighted by Crippen LogP contribution is 2.68. The molecule has 0 unspecified atom stereocenters. The van der Waals surface area contributed by atoms with Gasteiger partial charge in [0.15, 0.2) is 0 Å². The molecule has 0 saturated heterocycles. The second-order valence-corrected chi connectivity index (χ2v) is 12.3. The summed E-state index contributed by atoms with van der Waals surface area (Å²) >= 11 is 0. The highest BCUT2D eigenvalue weighted by molar-refractivity contribution is 5.86. The van der Waals surface area contributed by atoms with Crippen LogP contribution in [0.2, 0.25) is 0 Å². The first kappa shape index (κ1) is 25.2. The number of ether oxygens (including phenoxy) is 1. The normalized spacial score (nSPS) is 47.9. The van der Waals surface area contributed by atoms with Gasteiger partial charge in [0, 0.05) is 23.7 Å². The highest BCUT2D eigenvalue weighted by atomic mass is 16.5. The lowest BCUT2D eigenvalue weighted by Crippen LogP contribution is -2.63. The molecule has 0 radical (unpaired) electrons. The molecular weight excluding hydrogens is 416 g/mol. The van der Waals surface area contributed by atoms with Crippen molar-refractivity contribution in [2.75, 3.05) is 6.61 Å². The van der Waals surface area contributed by atoms with Crippen LogP contribution in [0, 0.1) is 52.3 Å². The first-order valence-corrected chi connectivity index (χ1v) is 13.6. The van der Waals surface area contributed by atoms with Gasteiger partial charge in [0.1, 0.15) is 5.78 Å². The average molecular weight is 463 g/mol. The van der Waals surface area contributed by atoms with Crippen molar-refractivity contribution in [3.05, 3.63) is 0 Å². The summed E-state index contributed by atoms with van der Waals surface area (Å²) in [6.45, 7) is 11.2. The third kappa shape index (κ3) is 3.90. The summed E-state index contributed by atoms with van der Waals surface area (Å²) < 4.78 is 5.13. The van der Waals surface area contributed by atoms with E-state index in [0.717, 1.165) is 44.9 Å². The summed E-state index contributed by atoms with van der Waals surface area (Å²) in [7, 11) is 0. The molecule has 33 heavy (non-hydrogen) atoms. The SMILES string of the molecule is CCOC(=O)CC[C@@H](C)[C@H]1CC[C@H]2[C@@H]3C(=O)[C@H](CC)[C@@H]4C[C@H](O)CC[C@]4(C)[C@H]3C[C@H](O)[C@]12C. The van der Waals surface area contributed by atoms with Gasteiger partial charge in [0.2, 0.25) is 0 Å². The Labute approximate surface area is 200 Å². The molecule has 0 aromatic rings. The molecule has 4 fully saturated rings. The predicted molar refractivity (Wildman–Crippen MR) is 127 cm³/mol. The molecule has 4 saturated carbocycles. The highest BCUT2D eigenvalue weighted by Gasteiger charge is 2.67. The Bertz CT molecular complexity index is 751. The van der Waals surface area contributed by atoms with E-state index in [-0.39, 0.29) is 52.5 Å². The molecule has 4 aliphatic rings. The van der Waals surface area contributed by atoms with Crippen molar-refractivity contribution in [1.29, 1.82) is 0 Å². The molecule has 0 aliphatic heterocycles. The molecule has 0 spiro atoms. The molecule has 188 valence electrons. The van der Waals surface area contributed by atoms with E-state index in [1.807, 2.05) is 6.92 Å². The molecule has 0 bridgehead atoms. The zero-order valence-electron chi connectivity index (χ0n) is 21.4. The van der Waals surface area contributed by atoms with Gasteiger partial charge in [-0.05, 0) is 93.3 Å². The van der Waals surface area contributed by atoms with Gasteiger partial charge < -0.3 is 14.9 Å². The van der Waals surface area contributed by atoms with Gasteiger partial charge >= 0.3 is 5.97 Å². The van der Waals surface area contributed by atoms with Crippen molar-refractivity contribution >= 4 is 11.8 Å². The first-order valence-electron chi connectivity index (χ1n) is 13.6. The molecular formula is C28H46O5. The zero-order chi connectivity index (χ0) is 24.1. The van der Waals surface area contributed by atoms with Gasteiger partial charge in [-0.15, -0.1) is 0 Å². The molecule has 5 heteroatoms. The Morgan fingerprint density at radius 2 is 1.82 bits per heavy atom. The number of carbonyl (C=O) groups excluding carboxylic acids is 2. The molecule has 5 nitrogen and oxygen atoms in total. The summed E-state index contributed by atoms with van der Waals surface area (Å²) in [4.78, 5) is 26.0. The minimum Gasteiger partial charge on any atom is -0.466 e. The predicted octanol–water partition coefficient (Wildman–Crippen LogP) is 4.77. The third-order valence-corrected chi connectivity index (χ3v) is 11.1. The molecule has 0 aromatic heterocycles. The topological polar surface area (TPSA) is 83.8 Å². The largest absolute Gasteiger partial charge is 0.466 e. The van der Waals surface area contributed by atoms with E-state index in [2.05, 4.69) is 27.7 Å². The number of rotatable bonds is 6. The monoisotopic (exact) mass is 462 g/mol. The summed E-state index contributed by atoms with van der Waals surface area (Å²) in [5.74, 6) is 1.63. The van der Waals surface area contributed by atoms with Crippen LogP contribution in [-0.2, 0) is 14.3 Å². The average Bonchev–Trinajstić information content (AvgIpc) is 3.13. The maximum Gasteiger partial charge on any atom is 0.305 e. The number of ketones is 1. The van der Waals surface area contributed by atoms with E-state index in [4.69, 9.17) is 4.74 Å². The van der Waals surface area contributed by atoms with Crippen molar-refractivity contribution in [1.82, 2.24) is 0 Å². The summed E-state index contributed by atoms with van der Waals surface area (Å²) in [5.41, 5.74) is -0.255. The quantitative estimate of drug-likeness (QED) is 0.556. The molecule has 4 aliphatic carbocycles. The van der Waals surface area contributed by atoms with Gasteiger partial charge in [-0.3, -0.25) is 9.59 Å². The number of Topliss-reactive ketones (excluding diaryl/α,β-unsaturated/α-hetero) is 1. The lowest BCUT2D eigenvalue weighted by atomic mass is 9.41. The van der Waals surface area contributed by atoms with Gasteiger partial charge in [-0.25, -0.2) is 0 Å². The van der Waals surface area contributed by atoms with Crippen LogP contribution in [0.25, 0.3) is 0 Å². The van der Waals surface area contributed by atoms with Crippen molar-refractivity contribution in [2.45, 2.75) is 105 Å². The van der Waals surface area contributed by atoms with Gasteiger partial charge in [0.25, 0.3) is 0 Å². The molecule has 2 N–H and O–H groups in total. The number of aliphatic hydroxyl groups excluding tert-OH is 2. The van der Waals surface area contributed by atoms with Crippen molar-refractivity contribution in [2.24, 2.45) is 52.3 Å². The van der Waals surface area contributed by atoms with E-state index in [1.54, 1.807) is 0 Å². The van der Waals surface area contributed by atoms with Crippen LogP contribution in [0.15, 0.2) is 0 Å². The van der Waals surface area contributed by atoms with Crippen LogP contribution in [0.5, 0.6) is 0 Å². The fourth-order valence-corrected chi connectivity index (χ4v) is 9.35. The fourth-order valence-electron chi connectivity index (χ4n) is 9.35. The van der Waals surface area contributed by atoms with Gasteiger partial charge in [-0.1, -0.05) is 27.7 Å². The van der Waals surface area contributed by atoms with E-state index in [0.29, 0.717) is 37.1 Å². The number of fused-ring (bicyclic) bond motifs is 5. The standard InChI is InChI=1S/C28H46O5/c1-6-18-21-14-17(29)12-13-27(21,4)22-15-23(30)28(5)19(9-10-20(28)25(22)26(18)32)16(3)8-11-24(31)33-7-2/h16-23,25,29-30H,6-15H2,1-5H3/t16-,17-,18-,19-,20+,21+,22+,23+,25+,27+,28-/m1/s1. The van der Waals surface area contributed by atoms with Crippen molar-refractivity contribution in [3.63, 3.8) is 0 Å². The third-order valence-electron chi connectivity index (χ3n) is 11.1. The minimum atomic E-state index is -0.420. The van der Waals surface area contributed by atoms with Crippen LogP contribution in [0.3, 0.4) is 0 Å². The summed E-state index contributed by atoms with van der Waals surface area (Å²) in [6.07, 6.45) is 6.55. The molecule has 4 rings (SSSR count). The number of hydrogen-bond donors (Lipinski definition) is 2. The van der Waals surface area contributed by atoms with Crippen molar-refractivity contribution < 1.29 is 24.5 Å². The summed E-state index contributed by atoms with van der Waals surface area (Å²) in [5, 5.41) is 22.1. The van der Waals surface area contributed by atoms with Crippen LogP contribution in [0.1, 0.15) is 92.4 Å². The zero-order valence-corrected chi connectivity index (χ0v) is 21.4. The minimum absolute atomic E-state index is 0.0222. The second kappa shape index (κ2) is 9.26. The number of hydrogen-bond acceptors (Lipinski definition) is 5. The number of esters is 1. The molecule has 0 heterocycles. The molecule has 0 aromatic carbocycles. The Morgan fingerprint density at radius 3 is 2.48 bits per heavy atom. The van der Waals surface area contributed by atoms with Crippen LogP contribution in [-0.4, -0.2) is 40.8 Å². The summed E-state index contributed by atoms with van der Waals surface area (Å²) in [6, 6.07) is 0. The van der Waals surface area contributed by atoms with Crippen LogP contribution < -0.4 is 0 Å². The number of aliphatic hydroxyl groups is 2. The van der Waals surface area contributed by atoms with E-state index >= 15 is 0 Å². The Balaban J connectivity index is 1.61. The first-order chi connectivity index (χ1) is 15.6. The van der Waals surface area contributed by atoms with Crippen molar-refractivity contribution in [3.8, 4) is 0 Å². The Kier molecular flexibility index (Phi) is 7.06. The lowest BCUT2D eigenvalue weighted by Gasteiger charge is -2.63. The second-order valence-electron chi connectivity index (χ2n) is 12.3. The van der Waals surface area contributed by atoms with Gasteiger partial charge in [0.05, 0.1) is 18.8 Å². The fraction of sp³-hybridized carbons (Fsp3) is 0.929. The van der Waals surface area contributed by atoms with E-state index in [9.17, 15) is 19.8 Å². The van der Waals surface area contributed by atoms with Gasteiger partial charge in [-0.2, -0.15) is 0 Å². The van der Waals surface area contributed by atoms with E-state index < -0.39 is 6.10 Å². The number of carbonyl (C=O) groups is 2. The van der Waals surface area contributed by atoms with Crippen LogP contribution >= 0.6 is 0 Å². The Hall–Kier alpha value is -0.940. The maximum atomic E-state index is 14.0. The maximum absolute atomic E-state index is 14.0. The Morgan fingerprint density at radius 1 is 1.09 bits per heavy atom. The smallest absolute Gasteiger partial charge is 0.305 e. The lowest BCUT2D eigenvalue weighted by molar-refractivity contribution is -0.192.